The molecule has 0 saturated carbocycles. The number of hydrogen-bond donors (Lipinski definition) is 1. The normalized spacial score (nSPS) is 23.7. The van der Waals surface area contributed by atoms with Crippen LogP contribution >= 0.6 is 0 Å². The lowest BCUT2D eigenvalue weighted by atomic mass is 9.98. The lowest BCUT2D eigenvalue weighted by Gasteiger charge is -2.43. The van der Waals surface area contributed by atoms with Gasteiger partial charge in [0.05, 0.1) is 27.4 Å². The number of carbonyl (C=O) groups is 3. The standard InChI is InChI=1S/C27H23N3O7S/c31-21(15-17-7-3-1-4-8-17)28-22-25(32)29-23(24(38(36)26(22)29)19-9-5-2-6-10-19)27(33)37-16-18-11-13-20(14-12-18)30(34)35/h1-14,22-24,26H,15-16H2,(H,28,31)/t22-,23-,24?,26?,38?/m1/s1. The number of nitrogens with one attached hydrogen (secondary N) is 1. The lowest BCUT2D eigenvalue weighted by Crippen LogP contribution is -2.71. The highest BCUT2D eigenvalue weighted by Crippen LogP contribution is 2.45. The Morgan fingerprint density at radius 1 is 0.947 bits per heavy atom. The fraction of sp³-hybridized carbons (Fsp3) is 0.222. The van der Waals surface area contributed by atoms with Crippen molar-refractivity contribution in [1.29, 1.82) is 0 Å². The van der Waals surface area contributed by atoms with Gasteiger partial charge in [-0.25, -0.2) is 4.79 Å². The largest absolute Gasteiger partial charge is 0.459 e. The molecule has 3 aromatic carbocycles. The second kappa shape index (κ2) is 10.5. The Morgan fingerprint density at radius 3 is 2.21 bits per heavy atom. The van der Waals surface area contributed by atoms with Gasteiger partial charge in [0.25, 0.3) is 5.69 Å². The van der Waals surface area contributed by atoms with Crippen LogP contribution in [0.1, 0.15) is 21.9 Å². The molecule has 2 aliphatic heterocycles. The number of nitro benzene ring substituents is 1. The average molecular weight is 534 g/mol. The van der Waals surface area contributed by atoms with Crippen LogP contribution in [0.25, 0.3) is 0 Å². The van der Waals surface area contributed by atoms with Gasteiger partial charge in [0.1, 0.15) is 24.1 Å². The van der Waals surface area contributed by atoms with E-state index in [9.17, 15) is 28.7 Å². The third-order valence-electron chi connectivity index (χ3n) is 6.58. The van der Waals surface area contributed by atoms with Crippen molar-refractivity contribution in [3.8, 4) is 0 Å². The molecular formula is C27H23N3O7S. The zero-order valence-corrected chi connectivity index (χ0v) is 20.8. The van der Waals surface area contributed by atoms with Gasteiger partial charge in [-0.1, -0.05) is 60.7 Å². The van der Waals surface area contributed by atoms with E-state index in [2.05, 4.69) is 5.32 Å². The van der Waals surface area contributed by atoms with Crippen molar-refractivity contribution in [2.24, 2.45) is 0 Å². The average Bonchev–Trinajstić information content (AvgIpc) is 3.21. The minimum absolute atomic E-state index is 0.0623. The molecule has 0 bridgehead atoms. The van der Waals surface area contributed by atoms with Crippen LogP contribution in [0.4, 0.5) is 5.69 Å². The van der Waals surface area contributed by atoms with Crippen LogP contribution in [0, 0.1) is 10.1 Å². The molecule has 38 heavy (non-hydrogen) atoms. The van der Waals surface area contributed by atoms with Crippen LogP contribution in [0.3, 0.4) is 0 Å². The van der Waals surface area contributed by atoms with E-state index in [0.29, 0.717) is 11.1 Å². The molecule has 2 fully saturated rings. The van der Waals surface area contributed by atoms with Crippen LogP contribution in [0.2, 0.25) is 0 Å². The van der Waals surface area contributed by atoms with Crippen molar-refractivity contribution in [2.45, 2.75) is 35.7 Å². The van der Waals surface area contributed by atoms with E-state index in [4.69, 9.17) is 4.74 Å². The molecule has 1 N–H and O–H groups in total. The lowest BCUT2D eigenvalue weighted by molar-refractivity contribution is -0.384. The van der Waals surface area contributed by atoms with Crippen molar-refractivity contribution >= 4 is 34.3 Å². The topological polar surface area (TPSA) is 136 Å². The molecule has 3 aromatic rings. The van der Waals surface area contributed by atoms with E-state index < -0.39 is 50.3 Å². The molecule has 0 aliphatic carbocycles. The van der Waals surface area contributed by atoms with Gasteiger partial charge < -0.3 is 15.0 Å². The number of hydrogen-bond acceptors (Lipinski definition) is 7. The number of nitrogens with zero attached hydrogens (tertiary/aromatic N) is 2. The van der Waals surface area contributed by atoms with E-state index >= 15 is 0 Å². The summed E-state index contributed by atoms with van der Waals surface area (Å²) >= 11 is 0. The highest BCUT2D eigenvalue weighted by atomic mass is 32.2. The fourth-order valence-corrected chi connectivity index (χ4v) is 6.87. The van der Waals surface area contributed by atoms with Crippen molar-refractivity contribution in [1.82, 2.24) is 10.2 Å². The first-order chi connectivity index (χ1) is 18.3. The van der Waals surface area contributed by atoms with Gasteiger partial charge in [-0.3, -0.25) is 23.9 Å². The molecule has 2 aliphatic rings. The maximum absolute atomic E-state index is 13.6. The van der Waals surface area contributed by atoms with Gasteiger partial charge in [0.15, 0.2) is 0 Å². The first-order valence-electron chi connectivity index (χ1n) is 11.8. The zero-order chi connectivity index (χ0) is 26.8. The molecule has 0 radical (unpaired) electrons. The third-order valence-corrected chi connectivity index (χ3v) is 8.58. The molecular weight excluding hydrogens is 510 g/mol. The Bertz CT molecular complexity index is 1400. The molecule has 0 aromatic heterocycles. The maximum Gasteiger partial charge on any atom is 0.330 e. The zero-order valence-electron chi connectivity index (χ0n) is 20.0. The maximum atomic E-state index is 13.6. The second-order valence-electron chi connectivity index (χ2n) is 8.98. The molecule has 2 heterocycles. The number of rotatable bonds is 8. The van der Waals surface area contributed by atoms with Crippen molar-refractivity contribution < 1.29 is 28.3 Å². The van der Waals surface area contributed by atoms with Gasteiger partial charge in [0, 0.05) is 12.1 Å². The first kappa shape index (κ1) is 25.3. The Balaban J connectivity index is 1.34. The number of benzene rings is 3. The van der Waals surface area contributed by atoms with Crippen molar-refractivity contribution in [3.05, 3.63) is 112 Å². The van der Waals surface area contributed by atoms with Crippen LogP contribution in [0.5, 0.6) is 0 Å². The van der Waals surface area contributed by atoms with E-state index in [1.165, 1.54) is 29.2 Å². The van der Waals surface area contributed by atoms with Crippen LogP contribution in [0.15, 0.2) is 84.9 Å². The summed E-state index contributed by atoms with van der Waals surface area (Å²) in [5.74, 6) is -1.62. The number of nitro groups is 1. The predicted molar refractivity (Wildman–Crippen MR) is 137 cm³/mol. The van der Waals surface area contributed by atoms with E-state index in [1.54, 1.807) is 42.5 Å². The molecule has 2 amide bonds. The molecule has 5 rings (SSSR count). The quantitative estimate of drug-likeness (QED) is 0.203. The van der Waals surface area contributed by atoms with Crippen LogP contribution in [-0.2, 0) is 42.9 Å². The van der Waals surface area contributed by atoms with Gasteiger partial charge in [-0.15, -0.1) is 0 Å². The molecule has 10 nitrogen and oxygen atoms in total. The summed E-state index contributed by atoms with van der Waals surface area (Å²) in [5, 5.41) is 11.8. The number of β-lactam (4-membered cyclic amide) rings is 1. The SMILES string of the molecule is O=C(Cc1ccccc1)N[C@@H]1C(=O)N2C1S(=O)C(c1ccccc1)[C@@H]2C(=O)OCc1ccc([N+](=O)[O-])cc1. The van der Waals surface area contributed by atoms with E-state index in [-0.39, 0.29) is 24.6 Å². The molecule has 3 unspecified atom stereocenters. The summed E-state index contributed by atoms with van der Waals surface area (Å²) in [5.41, 5.74) is 1.82. The molecule has 11 heteroatoms. The Morgan fingerprint density at radius 2 is 1.58 bits per heavy atom. The van der Waals surface area contributed by atoms with Crippen LogP contribution < -0.4 is 5.32 Å². The number of non-ortho nitro benzene ring substituents is 1. The summed E-state index contributed by atoms with van der Waals surface area (Å²) in [4.78, 5) is 50.7. The summed E-state index contributed by atoms with van der Waals surface area (Å²) in [6.45, 7) is -0.175. The number of carbonyl (C=O) groups excluding carboxylic acids is 3. The van der Waals surface area contributed by atoms with E-state index in [0.717, 1.165) is 5.56 Å². The number of fused-ring (bicyclic) bond motifs is 1. The second-order valence-corrected chi connectivity index (χ2v) is 10.6. The smallest absolute Gasteiger partial charge is 0.330 e. The highest BCUT2D eigenvalue weighted by molar-refractivity contribution is 7.86. The first-order valence-corrected chi connectivity index (χ1v) is 13.1. The fourth-order valence-electron chi connectivity index (χ4n) is 4.74. The molecule has 194 valence electrons. The monoisotopic (exact) mass is 533 g/mol. The van der Waals surface area contributed by atoms with Crippen molar-refractivity contribution in [3.63, 3.8) is 0 Å². The van der Waals surface area contributed by atoms with Gasteiger partial charge >= 0.3 is 5.97 Å². The number of esters is 1. The van der Waals surface area contributed by atoms with E-state index in [1.807, 2.05) is 18.2 Å². The minimum Gasteiger partial charge on any atom is -0.459 e. The Kier molecular flexibility index (Phi) is 7.01. The number of ether oxygens (including phenoxy) is 1. The Hall–Kier alpha value is -4.38. The van der Waals surface area contributed by atoms with Gasteiger partial charge in [-0.2, -0.15) is 0 Å². The molecule has 5 atom stereocenters. The third kappa shape index (κ3) is 4.80. The summed E-state index contributed by atoms with van der Waals surface area (Å²) < 4.78 is 19.1. The molecule has 2 saturated heterocycles. The highest BCUT2D eigenvalue weighted by Gasteiger charge is 2.65. The predicted octanol–water partition coefficient (Wildman–Crippen LogP) is 2.41. The molecule has 0 spiro atoms. The van der Waals surface area contributed by atoms with Crippen molar-refractivity contribution in [2.75, 3.05) is 0 Å². The summed E-state index contributed by atoms with van der Waals surface area (Å²) in [6, 6.07) is 21.2. The van der Waals surface area contributed by atoms with Gasteiger partial charge in [-0.05, 0) is 28.8 Å². The van der Waals surface area contributed by atoms with Crippen LogP contribution in [-0.4, -0.2) is 49.3 Å². The summed E-state index contributed by atoms with van der Waals surface area (Å²) in [6.07, 6.45) is 0.0623. The Labute approximate surface area is 220 Å². The minimum atomic E-state index is -1.71. The summed E-state index contributed by atoms with van der Waals surface area (Å²) in [7, 11) is -1.71. The van der Waals surface area contributed by atoms with Gasteiger partial charge in [0.2, 0.25) is 11.8 Å². The number of amides is 2.